The van der Waals surface area contributed by atoms with E-state index in [-0.39, 0.29) is 71.9 Å². The maximum atomic E-state index is 13.6. The highest BCUT2D eigenvalue weighted by atomic mass is 32.2. The zero-order valence-electron chi connectivity index (χ0n) is 41.8. The summed E-state index contributed by atoms with van der Waals surface area (Å²) in [5.41, 5.74) is 2.02. The number of benzene rings is 3. The van der Waals surface area contributed by atoms with Crippen molar-refractivity contribution in [1.29, 1.82) is 0 Å². The number of carbonyl (C=O) groups is 1. The average Bonchev–Trinajstić information content (AvgIpc) is 4.33. The van der Waals surface area contributed by atoms with Gasteiger partial charge in [0.05, 0.1) is 30.1 Å². The van der Waals surface area contributed by atoms with Crippen molar-refractivity contribution in [3.05, 3.63) is 153 Å². The summed E-state index contributed by atoms with van der Waals surface area (Å²) in [5.74, 6) is -0.490. The molecule has 3 fully saturated rings. The molecule has 2 bridgehead atoms. The third kappa shape index (κ3) is 12.1. The van der Waals surface area contributed by atoms with Gasteiger partial charge in [0.25, 0.3) is 11.5 Å². The van der Waals surface area contributed by atoms with Crippen LogP contribution in [0.25, 0.3) is 10.8 Å². The lowest BCUT2D eigenvalue weighted by atomic mass is 9.68. The van der Waals surface area contributed by atoms with E-state index in [1.165, 1.54) is 25.5 Å². The average molecular weight is 1120 g/mol. The van der Waals surface area contributed by atoms with Crippen LogP contribution in [0.3, 0.4) is 0 Å². The number of rotatable bonds is 21. The van der Waals surface area contributed by atoms with E-state index in [1.807, 2.05) is 37.2 Å². The predicted octanol–water partition coefficient (Wildman–Crippen LogP) is 5.07. The van der Waals surface area contributed by atoms with Gasteiger partial charge in [-0.3, -0.25) is 37.2 Å². The SMILES string of the molecule is Cc1cn([C@H]2C[C@@H](OP(=O)(O)OCc3ccco3)[C@@H](COP(=O)(O)OCC3CC4CC3C3C(c5ccc(C(=O)NCCNS(=O)(=O)c6ccc7cc(N(C)C)ccc7c6)cc5)=NN=C(c5ncccn5)C43)O2)c(=O)[nH]c1=O. The number of aryl methyl sites for hydroxylation is 1. The first-order chi connectivity index (χ1) is 36.8. The fraction of sp³-hybridized carbons (Fsp3) is 0.380. The molecular weight excluding hydrogens is 1060 g/mol. The van der Waals surface area contributed by atoms with Gasteiger partial charge >= 0.3 is 21.3 Å². The Kier molecular flexibility index (Phi) is 15.6. The van der Waals surface area contributed by atoms with Crippen LogP contribution in [0.5, 0.6) is 0 Å². The molecule has 1 saturated heterocycles. The molecule has 2 saturated carbocycles. The van der Waals surface area contributed by atoms with Crippen LogP contribution in [0.2, 0.25) is 0 Å². The van der Waals surface area contributed by atoms with Crippen molar-refractivity contribution in [1.82, 2.24) is 29.6 Å². The Morgan fingerprint density at radius 1 is 0.870 bits per heavy atom. The van der Waals surface area contributed by atoms with Crippen LogP contribution in [0.1, 0.15) is 58.6 Å². The first kappa shape index (κ1) is 54.0. The van der Waals surface area contributed by atoms with Gasteiger partial charge in [-0.1, -0.05) is 24.3 Å². The Balaban J connectivity index is 0.782. The van der Waals surface area contributed by atoms with E-state index in [0.29, 0.717) is 41.2 Å². The number of phosphoric ester groups is 2. The smallest absolute Gasteiger partial charge is 0.467 e. The number of fused-ring (bicyclic) bond motifs is 6. The largest absolute Gasteiger partial charge is 0.472 e. The number of hydrogen-bond donors (Lipinski definition) is 5. The molecule has 2 aliphatic carbocycles. The van der Waals surface area contributed by atoms with E-state index in [9.17, 15) is 41.7 Å². The van der Waals surface area contributed by atoms with Crippen LogP contribution < -0.4 is 26.2 Å². The number of aromatic nitrogens is 4. The number of carbonyl (C=O) groups excluding carboxylic acids is 1. The molecule has 6 aromatic rings. The number of sulfonamides is 1. The van der Waals surface area contributed by atoms with E-state index in [4.69, 9.17) is 32.4 Å². The highest BCUT2D eigenvalue weighted by Gasteiger charge is 2.58. The number of anilines is 1. The zero-order valence-corrected chi connectivity index (χ0v) is 44.4. The van der Waals surface area contributed by atoms with Gasteiger partial charge in [0, 0.05) is 80.8 Å². The number of H-pyrrole nitrogens is 1. The zero-order chi connectivity index (χ0) is 54.2. The van der Waals surface area contributed by atoms with Crippen molar-refractivity contribution < 1.29 is 59.4 Å². The highest BCUT2D eigenvalue weighted by Crippen LogP contribution is 2.59. The summed E-state index contributed by atoms with van der Waals surface area (Å²) < 4.78 is 89.6. The molecule has 77 heavy (non-hydrogen) atoms. The van der Waals surface area contributed by atoms with Gasteiger partial charge < -0.3 is 29.2 Å². The van der Waals surface area contributed by atoms with Gasteiger partial charge in [-0.15, -0.1) is 0 Å². The molecule has 3 aromatic carbocycles. The van der Waals surface area contributed by atoms with Crippen LogP contribution in [0, 0.1) is 36.5 Å². The van der Waals surface area contributed by atoms with Gasteiger partial charge in [-0.05, 0) is 108 Å². The van der Waals surface area contributed by atoms with Gasteiger partial charge in [-0.25, -0.2) is 37.0 Å². The number of phosphoric acid groups is 2. The molecule has 0 spiro atoms. The number of amides is 1. The predicted molar refractivity (Wildman–Crippen MR) is 279 cm³/mol. The molecule has 27 heteroatoms. The van der Waals surface area contributed by atoms with Crippen LogP contribution in [0.4, 0.5) is 5.69 Å². The van der Waals surface area contributed by atoms with Crippen molar-refractivity contribution in [3.63, 3.8) is 0 Å². The fourth-order valence-electron chi connectivity index (χ4n) is 10.6. The number of hydrogen-bond acceptors (Lipinski definition) is 18. The Labute approximate surface area is 440 Å². The standard InChI is InChI=1S/C50H55N9O15P2S/c1-29-25-59(50(62)55-48(29)60)42-24-40(74-76(65,66)71-27-37-6-4-19-69-37)41(73-42)28-72-75(63,64)70-26-35-20-34-23-39(35)44-43(34)46(47-51-15-5-16-52-47)57-56-45(44)30-7-9-31(10-8-30)49(61)53-17-18-54-77(67,68)38-14-12-32-21-36(58(2)3)13-11-33(32)22-38/h4-16,19,21-22,25,34-35,39-44,54H,17-18,20,23-24,26-28H2,1-3H3,(H,53,61)(H,63,64)(H,65,66)(H,55,60,62)/t34?,35?,39?,40-,41-,42-,43?,44?/m1/s1. The lowest BCUT2D eigenvalue weighted by Gasteiger charge is -2.38. The monoisotopic (exact) mass is 1120 g/mol. The molecule has 5 heterocycles. The van der Waals surface area contributed by atoms with Gasteiger partial charge in [0.2, 0.25) is 10.0 Å². The van der Waals surface area contributed by atoms with Gasteiger partial charge in [0.1, 0.15) is 36.5 Å². The molecule has 4 aliphatic rings. The molecule has 7 unspecified atom stereocenters. The first-order valence-corrected chi connectivity index (χ1v) is 29.1. The van der Waals surface area contributed by atoms with Crippen molar-refractivity contribution in [2.75, 3.05) is 45.3 Å². The number of ether oxygens (including phenoxy) is 1. The molecule has 406 valence electrons. The minimum atomic E-state index is -4.86. The fourth-order valence-corrected chi connectivity index (χ4v) is 13.4. The molecular formula is C50H55N9O15P2S. The normalized spacial score (nSPS) is 24.4. The number of aromatic amines is 1. The molecule has 3 aromatic heterocycles. The van der Waals surface area contributed by atoms with Crippen molar-refractivity contribution in [2.24, 2.45) is 39.8 Å². The minimum absolute atomic E-state index is 0.0215. The number of nitrogens with one attached hydrogen (secondary N) is 3. The second kappa shape index (κ2) is 22.2. The Bertz CT molecular complexity index is 3560. The summed E-state index contributed by atoms with van der Waals surface area (Å²) in [4.78, 5) is 73.2. The van der Waals surface area contributed by atoms with Gasteiger partial charge in [0.15, 0.2) is 5.82 Å². The summed E-state index contributed by atoms with van der Waals surface area (Å²) in [7, 11) is -9.70. The van der Waals surface area contributed by atoms with E-state index in [2.05, 4.69) is 30.1 Å². The Morgan fingerprint density at radius 2 is 1.61 bits per heavy atom. The Hall–Kier alpha value is -6.34. The molecule has 1 amide bonds. The second-order valence-corrected chi connectivity index (χ2v) is 24.1. The van der Waals surface area contributed by atoms with E-state index in [1.54, 1.807) is 67.0 Å². The minimum Gasteiger partial charge on any atom is -0.467 e. The molecule has 2 aliphatic heterocycles. The maximum absolute atomic E-state index is 13.6. The molecule has 5 N–H and O–H groups in total. The number of furan rings is 1. The molecule has 10 atom stereocenters. The lowest BCUT2D eigenvalue weighted by Crippen LogP contribution is -2.42. The van der Waals surface area contributed by atoms with Crippen LogP contribution in [-0.2, 0) is 48.6 Å². The second-order valence-electron chi connectivity index (χ2n) is 19.4. The summed E-state index contributed by atoms with van der Waals surface area (Å²) >= 11 is 0. The topological polar surface area (TPSA) is 318 Å². The highest BCUT2D eigenvalue weighted by molar-refractivity contribution is 7.89. The first-order valence-electron chi connectivity index (χ1n) is 24.6. The van der Waals surface area contributed by atoms with E-state index >= 15 is 0 Å². The summed E-state index contributed by atoms with van der Waals surface area (Å²) in [5, 5.41) is 13.8. The summed E-state index contributed by atoms with van der Waals surface area (Å²) in [6, 6.07) is 22.3. The lowest BCUT2D eigenvalue weighted by molar-refractivity contribution is -0.0479. The summed E-state index contributed by atoms with van der Waals surface area (Å²) in [6.45, 7) is 0.151. The molecule has 10 rings (SSSR count). The van der Waals surface area contributed by atoms with Crippen LogP contribution >= 0.6 is 15.6 Å². The number of nitrogens with zero attached hydrogens (tertiary/aromatic N) is 6. The third-order valence-corrected chi connectivity index (χ3v) is 17.7. The summed E-state index contributed by atoms with van der Waals surface area (Å²) in [6.07, 6.45) is 3.15. The molecule has 0 radical (unpaired) electrons. The third-order valence-electron chi connectivity index (χ3n) is 14.3. The maximum Gasteiger partial charge on any atom is 0.472 e. The van der Waals surface area contributed by atoms with Crippen LogP contribution in [0.15, 0.2) is 133 Å². The van der Waals surface area contributed by atoms with Gasteiger partial charge in [-0.2, -0.15) is 10.2 Å². The Morgan fingerprint density at radius 3 is 2.36 bits per heavy atom. The molecule has 24 nitrogen and oxygen atoms in total. The quantitative estimate of drug-likeness (QED) is 0.0464. The van der Waals surface area contributed by atoms with Crippen molar-refractivity contribution in [3.8, 4) is 0 Å². The van der Waals surface area contributed by atoms with Crippen molar-refractivity contribution >= 4 is 59.5 Å². The van der Waals surface area contributed by atoms with E-state index in [0.717, 1.165) is 21.0 Å². The van der Waals surface area contributed by atoms with Crippen molar-refractivity contribution in [2.45, 2.75) is 56.1 Å². The van der Waals surface area contributed by atoms with E-state index < -0.39 is 74.5 Å². The van der Waals surface area contributed by atoms with Crippen LogP contribution in [-0.4, -0.2) is 108 Å².